The van der Waals surface area contributed by atoms with E-state index in [1.165, 1.54) is 0 Å². The number of rotatable bonds is 5. The molecule has 94 valence electrons. The van der Waals surface area contributed by atoms with Crippen molar-refractivity contribution in [2.24, 2.45) is 5.73 Å². The van der Waals surface area contributed by atoms with Crippen LogP contribution in [0.5, 0.6) is 0 Å². The van der Waals surface area contributed by atoms with Gasteiger partial charge >= 0.3 is 0 Å². The van der Waals surface area contributed by atoms with E-state index in [1.807, 2.05) is 31.2 Å². The van der Waals surface area contributed by atoms with Crippen LogP contribution in [0.1, 0.15) is 12.0 Å². The van der Waals surface area contributed by atoms with Crippen LogP contribution in [-0.4, -0.2) is 32.7 Å². The number of hydrogen-bond acceptors (Lipinski definition) is 3. The smallest absolute Gasteiger partial charge is 0.229 e. The molecule has 0 heterocycles. The van der Waals surface area contributed by atoms with E-state index in [2.05, 4.69) is 0 Å². The lowest BCUT2D eigenvalue weighted by molar-refractivity contribution is -0.120. The highest BCUT2D eigenvalue weighted by Gasteiger charge is 2.17. The normalized spacial score (nSPS) is 12.2. The molecule has 0 aromatic heterocycles. The van der Waals surface area contributed by atoms with Crippen molar-refractivity contribution in [3.63, 3.8) is 0 Å². The quantitative estimate of drug-likeness (QED) is 0.839. The molecule has 0 saturated heterocycles. The number of carbonyl (C=O) groups excluding carboxylic acids is 1. The number of nitrogens with two attached hydrogens (primary N) is 1. The van der Waals surface area contributed by atoms with Gasteiger partial charge in [0.1, 0.15) is 0 Å². The third kappa shape index (κ3) is 3.54. The Kier molecular flexibility index (Phi) is 5.12. The van der Waals surface area contributed by atoms with Crippen LogP contribution in [0.3, 0.4) is 0 Å². The summed E-state index contributed by atoms with van der Waals surface area (Å²) < 4.78 is 5.11. The first-order valence-corrected chi connectivity index (χ1v) is 5.65. The summed E-state index contributed by atoms with van der Waals surface area (Å²) in [7, 11) is 3.34. The molecule has 4 heteroatoms. The minimum atomic E-state index is -0.214. The molecule has 0 aliphatic rings. The summed E-state index contributed by atoms with van der Waals surface area (Å²) in [4.78, 5) is 13.7. The molecule has 1 aromatic rings. The zero-order valence-electron chi connectivity index (χ0n) is 10.6. The van der Waals surface area contributed by atoms with E-state index in [0.29, 0.717) is 13.0 Å². The second-order valence-corrected chi connectivity index (χ2v) is 4.04. The topological polar surface area (TPSA) is 55.6 Å². The van der Waals surface area contributed by atoms with Crippen LogP contribution in [0.15, 0.2) is 24.3 Å². The molecule has 4 nitrogen and oxygen atoms in total. The lowest BCUT2D eigenvalue weighted by atomic mass is 10.1. The number of ether oxygens (including phenoxy) is 1. The number of hydrogen-bond donors (Lipinski definition) is 1. The Bertz CT molecular complexity index is 375. The first-order chi connectivity index (χ1) is 8.10. The van der Waals surface area contributed by atoms with E-state index in [-0.39, 0.29) is 12.0 Å². The molecule has 1 aromatic carbocycles. The van der Waals surface area contributed by atoms with Gasteiger partial charge in [0, 0.05) is 26.4 Å². The van der Waals surface area contributed by atoms with Gasteiger partial charge in [-0.2, -0.15) is 0 Å². The third-order valence-corrected chi connectivity index (χ3v) is 2.85. The van der Waals surface area contributed by atoms with Gasteiger partial charge < -0.3 is 15.4 Å². The molecule has 1 unspecified atom stereocenters. The zero-order valence-corrected chi connectivity index (χ0v) is 10.6. The Morgan fingerprint density at radius 3 is 2.65 bits per heavy atom. The van der Waals surface area contributed by atoms with Gasteiger partial charge in [-0.25, -0.2) is 0 Å². The van der Waals surface area contributed by atoms with Gasteiger partial charge in [-0.15, -0.1) is 0 Å². The van der Waals surface area contributed by atoms with E-state index < -0.39 is 0 Å². The van der Waals surface area contributed by atoms with Gasteiger partial charge in [-0.05, 0) is 18.6 Å². The monoisotopic (exact) mass is 236 g/mol. The molecule has 0 bridgehead atoms. The number of nitrogens with zero attached hydrogens (tertiary/aromatic N) is 1. The molecular weight excluding hydrogens is 216 g/mol. The predicted molar refractivity (Wildman–Crippen MR) is 69.1 cm³/mol. The van der Waals surface area contributed by atoms with Gasteiger partial charge in [0.2, 0.25) is 5.91 Å². The minimum Gasteiger partial charge on any atom is -0.380 e. The number of para-hydroxylation sites is 1. The van der Waals surface area contributed by atoms with Crippen LogP contribution >= 0.6 is 0 Å². The fourth-order valence-electron chi connectivity index (χ4n) is 1.67. The van der Waals surface area contributed by atoms with E-state index >= 15 is 0 Å². The maximum Gasteiger partial charge on any atom is 0.229 e. The third-order valence-electron chi connectivity index (χ3n) is 2.85. The Balaban J connectivity index is 2.73. The van der Waals surface area contributed by atoms with Crippen molar-refractivity contribution in [1.29, 1.82) is 0 Å². The average molecular weight is 236 g/mol. The van der Waals surface area contributed by atoms with Crippen molar-refractivity contribution in [3.05, 3.63) is 29.8 Å². The second-order valence-electron chi connectivity index (χ2n) is 4.04. The highest BCUT2D eigenvalue weighted by atomic mass is 16.5. The van der Waals surface area contributed by atoms with Crippen molar-refractivity contribution in [2.45, 2.75) is 19.4 Å². The largest absolute Gasteiger partial charge is 0.380 e. The molecule has 17 heavy (non-hydrogen) atoms. The Labute approximate surface area is 102 Å². The lowest BCUT2D eigenvalue weighted by Gasteiger charge is -2.21. The van der Waals surface area contributed by atoms with E-state index in [1.54, 1.807) is 19.1 Å². The van der Waals surface area contributed by atoms with E-state index in [9.17, 15) is 4.79 Å². The van der Waals surface area contributed by atoms with Crippen molar-refractivity contribution in [2.75, 3.05) is 25.6 Å². The summed E-state index contributed by atoms with van der Waals surface area (Å²) in [5.74, 6) is 0.0107. The molecule has 0 aliphatic carbocycles. The SMILES string of the molecule is COC(CN)CC(=O)N(C)c1ccccc1C. The molecular formula is C13H20N2O2. The molecule has 0 fully saturated rings. The summed E-state index contributed by atoms with van der Waals surface area (Å²) in [6.45, 7) is 2.33. The van der Waals surface area contributed by atoms with Crippen LogP contribution in [0.4, 0.5) is 5.69 Å². The Morgan fingerprint density at radius 2 is 2.12 bits per heavy atom. The molecule has 2 N–H and O–H groups in total. The molecule has 0 aliphatic heterocycles. The van der Waals surface area contributed by atoms with Gasteiger partial charge in [-0.1, -0.05) is 18.2 Å². The van der Waals surface area contributed by atoms with Gasteiger partial charge in [0.05, 0.1) is 12.5 Å². The van der Waals surface area contributed by atoms with Gasteiger partial charge in [-0.3, -0.25) is 4.79 Å². The van der Waals surface area contributed by atoms with Crippen LogP contribution in [0, 0.1) is 6.92 Å². The predicted octanol–water partition coefficient (Wildman–Crippen LogP) is 1.32. The number of carbonyl (C=O) groups is 1. The van der Waals surface area contributed by atoms with Crippen molar-refractivity contribution in [1.82, 2.24) is 0 Å². The van der Waals surface area contributed by atoms with Crippen molar-refractivity contribution in [3.8, 4) is 0 Å². The number of anilines is 1. The van der Waals surface area contributed by atoms with Gasteiger partial charge in [0.15, 0.2) is 0 Å². The number of methoxy groups -OCH3 is 1. The second kappa shape index (κ2) is 6.37. The molecule has 0 radical (unpaired) electrons. The molecule has 1 atom stereocenters. The fourth-order valence-corrected chi connectivity index (χ4v) is 1.67. The number of aryl methyl sites for hydroxylation is 1. The van der Waals surface area contributed by atoms with Crippen LogP contribution in [0.2, 0.25) is 0 Å². The highest BCUT2D eigenvalue weighted by Crippen LogP contribution is 2.18. The lowest BCUT2D eigenvalue weighted by Crippen LogP contribution is -2.33. The summed E-state index contributed by atoms with van der Waals surface area (Å²) in [6.07, 6.45) is 0.0895. The fraction of sp³-hybridized carbons (Fsp3) is 0.462. The number of benzene rings is 1. The van der Waals surface area contributed by atoms with E-state index in [0.717, 1.165) is 11.3 Å². The first-order valence-electron chi connectivity index (χ1n) is 5.65. The average Bonchev–Trinajstić information content (AvgIpc) is 2.35. The minimum absolute atomic E-state index is 0.0107. The molecule has 0 saturated carbocycles. The Hall–Kier alpha value is -1.39. The standard InChI is InChI=1S/C13H20N2O2/c1-10-6-4-5-7-12(10)15(2)13(16)8-11(9-14)17-3/h4-7,11H,8-9,14H2,1-3H3. The summed E-state index contributed by atoms with van der Waals surface area (Å²) in [6, 6.07) is 7.78. The maximum atomic E-state index is 12.0. The summed E-state index contributed by atoms with van der Waals surface area (Å²) >= 11 is 0. The highest BCUT2D eigenvalue weighted by molar-refractivity contribution is 5.93. The molecule has 0 spiro atoms. The zero-order chi connectivity index (χ0) is 12.8. The van der Waals surface area contributed by atoms with Crippen LogP contribution < -0.4 is 10.6 Å². The summed E-state index contributed by atoms with van der Waals surface area (Å²) in [5.41, 5.74) is 7.50. The van der Waals surface area contributed by atoms with Crippen LogP contribution in [0.25, 0.3) is 0 Å². The molecule has 1 amide bonds. The first kappa shape index (κ1) is 13.7. The van der Waals surface area contributed by atoms with Crippen molar-refractivity contribution >= 4 is 11.6 Å². The molecule has 1 rings (SSSR count). The summed E-state index contributed by atoms with van der Waals surface area (Å²) in [5, 5.41) is 0. The van der Waals surface area contributed by atoms with Gasteiger partial charge in [0.25, 0.3) is 0 Å². The maximum absolute atomic E-state index is 12.0. The van der Waals surface area contributed by atoms with Crippen LogP contribution in [-0.2, 0) is 9.53 Å². The number of amides is 1. The Morgan fingerprint density at radius 1 is 1.47 bits per heavy atom. The van der Waals surface area contributed by atoms with E-state index in [4.69, 9.17) is 10.5 Å². The van der Waals surface area contributed by atoms with Crippen molar-refractivity contribution < 1.29 is 9.53 Å².